The highest BCUT2D eigenvalue weighted by Gasteiger charge is 2.15. The van der Waals surface area contributed by atoms with Gasteiger partial charge >= 0.3 is 0 Å². The molecule has 0 atom stereocenters. The smallest absolute Gasteiger partial charge is 0.234 e. The van der Waals surface area contributed by atoms with Gasteiger partial charge in [0.1, 0.15) is 5.82 Å². The summed E-state index contributed by atoms with van der Waals surface area (Å²) in [5, 5.41) is 12.1. The minimum atomic E-state index is -0.0552. The van der Waals surface area contributed by atoms with E-state index in [4.69, 9.17) is 0 Å². The van der Waals surface area contributed by atoms with Crippen LogP contribution in [-0.2, 0) is 11.2 Å². The quantitative estimate of drug-likeness (QED) is 0.546. The summed E-state index contributed by atoms with van der Waals surface area (Å²) >= 11 is 4.89. The Morgan fingerprint density at radius 2 is 1.93 bits per heavy atom. The third-order valence-corrected chi connectivity index (χ3v) is 5.56. The molecule has 3 rings (SSSR count). The van der Waals surface area contributed by atoms with E-state index in [2.05, 4.69) is 38.4 Å². The lowest BCUT2D eigenvalue weighted by Crippen LogP contribution is -2.16. The molecular weight excluding hydrogens is 424 g/mol. The van der Waals surface area contributed by atoms with Crippen LogP contribution >= 0.6 is 27.7 Å². The summed E-state index contributed by atoms with van der Waals surface area (Å²) < 4.78 is 2.98. The molecule has 0 aliphatic carbocycles. The maximum absolute atomic E-state index is 12.5. The molecule has 1 N–H and O–H groups in total. The third kappa shape index (κ3) is 4.59. The van der Waals surface area contributed by atoms with Crippen LogP contribution in [0.4, 0.5) is 5.69 Å². The maximum Gasteiger partial charge on any atom is 0.234 e. The summed E-state index contributed by atoms with van der Waals surface area (Å²) in [6.07, 6.45) is 0.852. The van der Waals surface area contributed by atoms with E-state index in [1.165, 1.54) is 11.8 Å². The number of carbonyl (C=O) groups excluding carboxylic acids is 1. The van der Waals surface area contributed by atoms with Crippen molar-refractivity contribution in [3.8, 4) is 5.69 Å². The summed E-state index contributed by atoms with van der Waals surface area (Å²) in [4.78, 5) is 12.5. The van der Waals surface area contributed by atoms with Crippen LogP contribution in [0.2, 0.25) is 0 Å². The number of hydrogen-bond acceptors (Lipinski definition) is 4. The first kappa shape index (κ1) is 19.6. The van der Waals surface area contributed by atoms with Crippen molar-refractivity contribution >= 4 is 39.3 Å². The van der Waals surface area contributed by atoms with Crippen molar-refractivity contribution in [3.63, 3.8) is 0 Å². The lowest BCUT2D eigenvalue weighted by atomic mass is 10.1. The number of carbonyl (C=O) groups is 1. The average Bonchev–Trinajstić information content (AvgIpc) is 3.03. The van der Waals surface area contributed by atoms with Crippen LogP contribution in [0.25, 0.3) is 5.69 Å². The van der Waals surface area contributed by atoms with E-state index >= 15 is 0 Å². The summed E-state index contributed by atoms with van der Waals surface area (Å²) in [6.45, 7) is 5.99. The number of anilines is 1. The molecule has 0 aliphatic rings. The van der Waals surface area contributed by atoms with E-state index in [1.807, 2.05) is 60.9 Å². The van der Waals surface area contributed by atoms with E-state index < -0.39 is 0 Å². The van der Waals surface area contributed by atoms with Gasteiger partial charge in [0.2, 0.25) is 5.91 Å². The molecule has 0 aliphatic heterocycles. The second-order valence-electron chi connectivity index (χ2n) is 6.15. The fraction of sp³-hybridized carbons (Fsp3) is 0.250. The largest absolute Gasteiger partial charge is 0.325 e. The number of amides is 1. The molecule has 1 heterocycles. The summed E-state index contributed by atoms with van der Waals surface area (Å²) in [5.74, 6) is 1.01. The Morgan fingerprint density at radius 3 is 2.63 bits per heavy atom. The topological polar surface area (TPSA) is 59.8 Å². The molecule has 7 heteroatoms. The standard InChI is InChI=1S/C20H21BrN4OS/c1-4-15-11-16(21)10-13(2)19(15)22-18(26)12-27-20-24-23-14(3)25(20)17-8-6-5-7-9-17/h5-11H,4,12H2,1-3H3,(H,22,26). The predicted molar refractivity (Wildman–Crippen MR) is 114 cm³/mol. The lowest BCUT2D eigenvalue weighted by molar-refractivity contribution is -0.113. The highest BCUT2D eigenvalue weighted by Crippen LogP contribution is 2.27. The number of rotatable bonds is 6. The van der Waals surface area contributed by atoms with Gasteiger partial charge in [-0.25, -0.2) is 0 Å². The van der Waals surface area contributed by atoms with E-state index in [9.17, 15) is 4.79 Å². The monoisotopic (exact) mass is 444 g/mol. The van der Waals surface area contributed by atoms with Crippen LogP contribution in [0.5, 0.6) is 0 Å². The third-order valence-electron chi connectivity index (χ3n) is 4.17. The van der Waals surface area contributed by atoms with Crippen molar-refractivity contribution in [3.05, 3.63) is 63.9 Å². The molecule has 5 nitrogen and oxygen atoms in total. The molecule has 3 aromatic rings. The van der Waals surface area contributed by atoms with E-state index in [-0.39, 0.29) is 11.7 Å². The molecule has 0 saturated heterocycles. The fourth-order valence-electron chi connectivity index (χ4n) is 2.89. The van der Waals surface area contributed by atoms with Gasteiger partial charge in [-0.05, 0) is 55.7 Å². The zero-order valence-corrected chi connectivity index (χ0v) is 17.9. The van der Waals surface area contributed by atoms with Crippen molar-refractivity contribution < 1.29 is 4.79 Å². The first-order chi connectivity index (χ1) is 13.0. The van der Waals surface area contributed by atoms with Gasteiger partial charge in [0.05, 0.1) is 5.75 Å². The summed E-state index contributed by atoms with van der Waals surface area (Å²) in [7, 11) is 0. The molecule has 0 bridgehead atoms. The Morgan fingerprint density at radius 1 is 1.19 bits per heavy atom. The molecular formula is C20H21BrN4OS. The van der Waals surface area contributed by atoms with E-state index in [1.54, 1.807) is 0 Å². The number of nitrogens with one attached hydrogen (secondary N) is 1. The fourth-order valence-corrected chi connectivity index (χ4v) is 4.30. The number of aromatic nitrogens is 3. The van der Waals surface area contributed by atoms with Gasteiger partial charge in [0, 0.05) is 15.8 Å². The van der Waals surface area contributed by atoms with Gasteiger partial charge in [0.25, 0.3) is 0 Å². The van der Waals surface area contributed by atoms with Gasteiger partial charge in [-0.2, -0.15) is 0 Å². The summed E-state index contributed by atoms with van der Waals surface area (Å²) in [6, 6.07) is 14.0. The Balaban J connectivity index is 1.73. The predicted octanol–water partition coefficient (Wildman–Crippen LogP) is 4.94. The van der Waals surface area contributed by atoms with Gasteiger partial charge in [0.15, 0.2) is 5.16 Å². The number of halogens is 1. The van der Waals surface area contributed by atoms with Gasteiger partial charge in [-0.3, -0.25) is 9.36 Å². The number of nitrogens with zero attached hydrogens (tertiary/aromatic N) is 3. The SMILES string of the molecule is CCc1cc(Br)cc(C)c1NC(=O)CSc1nnc(C)n1-c1ccccc1. The molecule has 1 amide bonds. The van der Waals surface area contributed by atoms with Crippen molar-refractivity contribution in [2.24, 2.45) is 0 Å². The Labute approximate surface area is 171 Å². The molecule has 0 fully saturated rings. The van der Waals surface area contributed by atoms with E-state index in [0.717, 1.165) is 39.2 Å². The molecule has 0 spiro atoms. The molecule has 0 radical (unpaired) electrons. The van der Waals surface area contributed by atoms with Crippen LogP contribution in [0.15, 0.2) is 52.1 Å². The molecule has 2 aromatic carbocycles. The lowest BCUT2D eigenvalue weighted by Gasteiger charge is -2.14. The van der Waals surface area contributed by atoms with Gasteiger partial charge in [-0.1, -0.05) is 52.8 Å². The van der Waals surface area contributed by atoms with Crippen LogP contribution in [-0.4, -0.2) is 26.4 Å². The van der Waals surface area contributed by atoms with Gasteiger partial charge < -0.3 is 5.32 Å². The molecule has 1 aromatic heterocycles. The molecule has 140 valence electrons. The normalized spacial score (nSPS) is 10.8. The Bertz CT molecular complexity index is 956. The minimum Gasteiger partial charge on any atom is -0.325 e. The molecule has 0 saturated carbocycles. The van der Waals surface area contributed by atoms with Crippen LogP contribution in [0.1, 0.15) is 23.9 Å². The van der Waals surface area contributed by atoms with Crippen molar-refractivity contribution in [1.82, 2.24) is 14.8 Å². The number of aryl methyl sites for hydroxylation is 3. The minimum absolute atomic E-state index is 0.0552. The van der Waals surface area contributed by atoms with Crippen LogP contribution in [0.3, 0.4) is 0 Å². The summed E-state index contributed by atoms with van der Waals surface area (Å²) in [5.41, 5.74) is 4.04. The molecule has 0 unspecified atom stereocenters. The number of hydrogen-bond donors (Lipinski definition) is 1. The first-order valence-electron chi connectivity index (χ1n) is 8.68. The highest BCUT2D eigenvalue weighted by atomic mass is 79.9. The average molecular weight is 445 g/mol. The number of thioether (sulfide) groups is 1. The highest BCUT2D eigenvalue weighted by molar-refractivity contribution is 9.10. The van der Waals surface area contributed by atoms with Crippen molar-refractivity contribution in [2.45, 2.75) is 32.3 Å². The first-order valence-corrected chi connectivity index (χ1v) is 10.5. The van der Waals surface area contributed by atoms with Crippen LogP contribution < -0.4 is 5.32 Å². The Kier molecular flexibility index (Phi) is 6.34. The van der Waals surface area contributed by atoms with Crippen molar-refractivity contribution in [2.75, 3.05) is 11.1 Å². The second kappa shape index (κ2) is 8.71. The number of para-hydroxylation sites is 1. The van der Waals surface area contributed by atoms with Crippen LogP contribution in [0, 0.1) is 13.8 Å². The zero-order valence-electron chi connectivity index (χ0n) is 15.5. The Hall–Kier alpha value is -2.12. The van der Waals surface area contributed by atoms with E-state index in [0.29, 0.717) is 5.16 Å². The molecule has 27 heavy (non-hydrogen) atoms. The number of benzene rings is 2. The van der Waals surface area contributed by atoms with Crippen molar-refractivity contribution in [1.29, 1.82) is 0 Å². The zero-order chi connectivity index (χ0) is 19.4. The second-order valence-corrected chi connectivity index (χ2v) is 8.01. The van der Waals surface area contributed by atoms with Gasteiger partial charge in [-0.15, -0.1) is 10.2 Å². The maximum atomic E-state index is 12.5.